The molecule has 1 saturated heterocycles. The standard InChI is InChI=1S/C16H20N4O2.ClH/c1-17-11-6-5-9-20(10-11)16(22)14-15(21)12-7-3-4-8-13(12)19(2)18-14;/h3-4,7-8,11,17H,5-6,9-10H2,1-2H3;1H. The zero-order valence-corrected chi connectivity index (χ0v) is 14.1. The largest absolute Gasteiger partial charge is 0.336 e. The number of halogens is 1. The minimum atomic E-state index is -0.287. The highest BCUT2D eigenvalue weighted by Crippen LogP contribution is 2.13. The summed E-state index contributed by atoms with van der Waals surface area (Å²) in [6.45, 7) is 1.29. The number of carbonyl (C=O) groups excluding carboxylic acids is 1. The van der Waals surface area contributed by atoms with Crippen molar-refractivity contribution in [1.29, 1.82) is 0 Å². The number of rotatable bonds is 2. The summed E-state index contributed by atoms with van der Waals surface area (Å²) < 4.78 is 1.60. The van der Waals surface area contributed by atoms with Crippen molar-refractivity contribution in [3.63, 3.8) is 0 Å². The lowest BCUT2D eigenvalue weighted by molar-refractivity contribution is 0.0689. The van der Waals surface area contributed by atoms with Crippen LogP contribution in [0, 0.1) is 0 Å². The van der Waals surface area contributed by atoms with Crippen LogP contribution in [-0.4, -0.2) is 46.8 Å². The fourth-order valence-electron chi connectivity index (χ4n) is 3.01. The Balaban J connectivity index is 0.00000192. The van der Waals surface area contributed by atoms with Crippen molar-refractivity contribution in [1.82, 2.24) is 20.0 Å². The van der Waals surface area contributed by atoms with E-state index >= 15 is 0 Å². The summed E-state index contributed by atoms with van der Waals surface area (Å²) >= 11 is 0. The molecule has 1 N–H and O–H groups in total. The van der Waals surface area contributed by atoms with Gasteiger partial charge in [0.25, 0.3) is 5.91 Å². The van der Waals surface area contributed by atoms with Crippen LogP contribution in [0.4, 0.5) is 0 Å². The number of likely N-dealkylation sites (N-methyl/N-ethyl adjacent to an activating group) is 1. The Hall–Kier alpha value is -1.92. The maximum Gasteiger partial charge on any atom is 0.278 e. The van der Waals surface area contributed by atoms with E-state index in [0.717, 1.165) is 18.4 Å². The molecule has 0 radical (unpaired) electrons. The Bertz CT molecular complexity index is 774. The highest BCUT2D eigenvalue weighted by Gasteiger charge is 2.27. The van der Waals surface area contributed by atoms with Crippen LogP contribution in [0.2, 0.25) is 0 Å². The molecular weight excluding hydrogens is 316 g/mol. The molecule has 7 heteroatoms. The number of aromatic nitrogens is 2. The lowest BCUT2D eigenvalue weighted by Gasteiger charge is -2.32. The van der Waals surface area contributed by atoms with Crippen LogP contribution in [0.15, 0.2) is 29.1 Å². The summed E-state index contributed by atoms with van der Waals surface area (Å²) in [4.78, 5) is 27.0. The van der Waals surface area contributed by atoms with Gasteiger partial charge in [0.15, 0.2) is 5.69 Å². The van der Waals surface area contributed by atoms with Crippen molar-refractivity contribution in [3.05, 3.63) is 40.2 Å². The van der Waals surface area contributed by atoms with Gasteiger partial charge in [0, 0.05) is 31.6 Å². The maximum absolute atomic E-state index is 12.7. The lowest BCUT2D eigenvalue weighted by atomic mass is 10.1. The van der Waals surface area contributed by atoms with E-state index in [0.29, 0.717) is 18.5 Å². The van der Waals surface area contributed by atoms with Gasteiger partial charge in [0.05, 0.1) is 5.52 Å². The number of piperidine rings is 1. The molecular formula is C16H21ClN4O2. The van der Waals surface area contributed by atoms with Crippen LogP contribution < -0.4 is 10.7 Å². The van der Waals surface area contributed by atoms with Crippen LogP contribution in [0.5, 0.6) is 0 Å². The van der Waals surface area contributed by atoms with Crippen LogP contribution >= 0.6 is 12.4 Å². The highest BCUT2D eigenvalue weighted by molar-refractivity contribution is 5.95. The van der Waals surface area contributed by atoms with Crippen LogP contribution in [0.25, 0.3) is 10.9 Å². The van der Waals surface area contributed by atoms with Crippen molar-refractivity contribution < 1.29 is 4.79 Å². The Kier molecular flexibility index (Phi) is 5.38. The molecule has 0 spiro atoms. The smallest absolute Gasteiger partial charge is 0.278 e. The van der Waals surface area contributed by atoms with Gasteiger partial charge in [-0.15, -0.1) is 12.4 Å². The van der Waals surface area contributed by atoms with E-state index in [1.165, 1.54) is 0 Å². The van der Waals surface area contributed by atoms with Crippen molar-refractivity contribution in [2.24, 2.45) is 7.05 Å². The third kappa shape index (κ3) is 3.23. The number of aryl methyl sites for hydroxylation is 1. The number of fused-ring (bicyclic) bond motifs is 1. The number of amides is 1. The number of nitrogens with zero attached hydrogens (tertiary/aromatic N) is 3. The van der Waals surface area contributed by atoms with Crippen LogP contribution in [-0.2, 0) is 7.05 Å². The first-order valence-electron chi connectivity index (χ1n) is 7.54. The Morgan fingerprint density at radius 2 is 2.09 bits per heavy atom. The third-order valence-electron chi connectivity index (χ3n) is 4.28. The summed E-state index contributed by atoms with van der Waals surface area (Å²) in [5, 5.41) is 7.95. The first-order valence-corrected chi connectivity index (χ1v) is 7.54. The molecule has 1 aromatic heterocycles. The van der Waals surface area contributed by atoms with Gasteiger partial charge >= 0.3 is 0 Å². The SMILES string of the molecule is CNC1CCCN(C(=O)c2nn(C)c3ccccc3c2=O)C1.Cl. The zero-order chi connectivity index (χ0) is 15.7. The molecule has 1 amide bonds. The third-order valence-corrected chi connectivity index (χ3v) is 4.28. The Morgan fingerprint density at radius 3 is 2.83 bits per heavy atom. The first-order chi connectivity index (χ1) is 10.6. The maximum atomic E-state index is 12.7. The van der Waals surface area contributed by atoms with Gasteiger partial charge in [-0.2, -0.15) is 5.10 Å². The van der Waals surface area contributed by atoms with Crippen LogP contribution in [0.3, 0.4) is 0 Å². The molecule has 0 aliphatic carbocycles. The normalized spacial score (nSPS) is 17.8. The van der Waals surface area contributed by atoms with Gasteiger partial charge < -0.3 is 10.2 Å². The summed E-state index contributed by atoms with van der Waals surface area (Å²) in [5.41, 5.74) is 0.457. The van der Waals surface area contributed by atoms with Crippen molar-refractivity contribution in [2.45, 2.75) is 18.9 Å². The second-order valence-electron chi connectivity index (χ2n) is 5.70. The molecule has 2 aromatic rings. The average Bonchev–Trinajstić information content (AvgIpc) is 2.57. The van der Waals surface area contributed by atoms with E-state index in [4.69, 9.17) is 0 Å². The Labute approximate surface area is 140 Å². The van der Waals surface area contributed by atoms with Gasteiger partial charge in [-0.05, 0) is 32.0 Å². The summed E-state index contributed by atoms with van der Waals surface area (Å²) in [7, 11) is 3.65. The van der Waals surface area contributed by atoms with Gasteiger partial charge in [-0.25, -0.2) is 0 Å². The molecule has 1 atom stereocenters. The number of para-hydroxylation sites is 1. The van der Waals surface area contributed by atoms with Gasteiger partial charge in [-0.3, -0.25) is 14.3 Å². The summed E-state index contributed by atoms with van der Waals surface area (Å²) in [5.74, 6) is -0.272. The van der Waals surface area contributed by atoms with E-state index in [-0.39, 0.29) is 35.5 Å². The first kappa shape index (κ1) is 17.4. The predicted octanol–water partition coefficient (Wildman–Crippen LogP) is 1.18. The highest BCUT2D eigenvalue weighted by atomic mass is 35.5. The molecule has 2 heterocycles. The number of benzene rings is 1. The van der Waals surface area contributed by atoms with Gasteiger partial charge in [0.2, 0.25) is 5.43 Å². The van der Waals surface area contributed by atoms with Gasteiger partial charge in [0.1, 0.15) is 0 Å². The average molecular weight is 337 g/mol. The molecule has 23 heavy (non-hydrogen) atoms. The number of hydrogen-bond donors (Lipinski definition) is 1. The second-order valence-corrected chi connectivity index (χ2v) is 5.70. The predicted molar refractivity (Wildman–Crippen MR) is 92.2 cm³/mol. The van der Waals surface area contributed by atoms with E-state index in [2.05, 4.69) is 10.4 Å². The monoisotopic (exact) mass is 336 g/mol. The number of likely N-dealkylation sites (tertiary alicyclic amines) is 1. The van der Waals surface area contributed by atoms with Crippen molar-refractivity contribution in [3.8, 4) is 0 Å². The topological polar surface area (TPSA) is 67.2 Å². The minimum Gasteiger partial charge on any atom is -0.336 e. The van der Waals surface area contributed by atoms with E-state index < -0.39 is 0 Å². The second kappa shape index (κ2) is 7.10. The fourth-order valence-corrected chi connectivity index (χ4v) is 3.01. The summed E-state index contributed by atoms with van der Waals surface area (Å²) in [6.07, 6.45) is 1.98. The molecule has 0 saturated carbocycles. The lowest BCUT2D eigenvalue weighted by Crippen LogP contribution is -2.48. The molecule has 1 aliphatic heterocycles. The van der Waals surface area contributed by atoms with Gasteiger partial charge in [-0.1, -0.05) is 12.1 Å². The number of hydrogen-bond acceptors (Lipinski definition) is 4. The molecule has 0 bridgehead atoms. The zero-order valence-electron chi connectivity index (χ0n) is 13.3. The molecule has 1 unspecified atom stereocenters. The number of carbonyl (C=O) groups is 1. The fraction of sp³-hybridized carbons (Fsp3) is 0.438. The molecule has 3 rings (SSSR count). The minimum absolute atomic E-state index is 0. The quantitative estimate of drug-likeness (QED) is 0.894. The molecule has 1 aliphatic rings. The van der Waals surface area contributed by atoms with Crippen LogP contribution in [0.1, 0.15) is 23.3 Å². The van der Waals surface area contributed by atoms with Crippen molar-refractivity contribution >= 4 is 29.2 Å². The molecule has 6 nitrogen and oxygen atoms in total. The molecule has 124 valence electrons. The van der Waals surface area contributed by atoms with Crippen molar-refractivity contribution in [2.75, 3.05) is 20.1 Å². The summed E-state index contributed by atoms with van der Waals surface area (Å²) in [6, 6.07) is 7.50. The van der Waals surface area contributed by atoms with E-state index in [1.807, 2.05) is 19.2 Å². The van der Waals surface area contributed by atoms with E-state index in [1.54, 1.807) is 28.8 Å². The Morgan fingerprint density at radius 1 is 1.35 bits per heavy atom. The number of nitrogens with one attached hydrogen (secondary N) is 1. The molecule has 1 aromatic carbocycles. The molecule has 1 fully saturated rings. The van der Waals surface area contributed by atoms with E-state index in [9.17, 15) is 9.59 Å².